The van der Waals surface area contributed by atoms with Crippen LogP contribution in [0.3, 0.4) is 0 Å². The second-order valence-corrected chi connectivity index (χ2v) is 2.59. The summed E-state index contributed by atoms with van der Waals surface area (Å²) in [5.74, 6) is -0.306. The zero-order valence-electron chi connectivity index (χ0n) is 7.45. The maximum absolute atomic E-state index is 10.2. The zero-order chi connectivity index (χ0) is 10.7. The highest BCUT2D eigenvalue weighted by Crippen LogP contribution is 2.17. The molecule has 0 radical (unpaired) electrons. The molecule has 2 aromatic rings. The molecule has 1 N–H and O–H groups in total. The number of furan rings is 1. The van der Waals surface area contributed by atoms with Crippen LogP contribution in [-0.2, 0) is 4.79 Å². The number of nitrogens with zero attached hydrogens (tertiary/aromatic N) is 2. The van der Waals surface area contributed by atoms with E-state index in [1.807, 2.05) is 0 Å². The van der Waals surface area contributed by atoms with Crippen LogP contribution in [0, 0.1) is 0 Å². The first-order valence-corrected chi connectivity index (χ1v) is 4.04. The van der Waals surface area contributed by atoms with Crippen molar-refractivity contribution in [3.8, 4) is 11.7 Å². The summed E-state index contributed by atoms with van der Waals surface area (Å²) in [6.45, 7) is 0. The van der Waals surface area contributed by atoms with Gasteiger partial charge in [0.1, 0.15) is 0 Å². The minimum Gasteiger partial charge on any atom is -0.478 e. The number of hydrogen-bond acceptors (Lipinski definition) is 5. The molecule has 6 nitrogen and oxygen atoms in total. The van der Waals surface area contributed by atoms with Gasteiger partial charge in [-0.25, -0.2) is 4.79 Å². The van der Waals surface area contributed by atoms with Crippen LogP contribution in [-0.4, -0.2) is 21.3 Å². The van der Waals surface area contributed by atoms with E-state index in [1.54, 1.807) is 12.1 Å². The Bertz CT molecular complexity index is 484. The molecule has 0 aliphatic rings. The second kappa shape index (κ2) is 3.79. The van der Waals surface area contributed by atoms with Crippen molar-refractivity contribution >= 4 is 12.0 Å². The van der Waals surface area contributed by atoms with Gasteiger partial charge in [0.25, 0.3) is 5.89 Å². The van der Waals surface area contributed by atoms with Crippen LogP contribution < -0.4 is 0 Å². The summed E-state index contributed by atoms with van der Waals surface area (Å²) < 4.78 is 10.1. The molecule has 2 rings (SSSR count). The summed E-state index contributed by atoms with van der Waals surface area (Å²) in [5, 5.41) is 15.7. The van der Waals surface area contributed by atoms with Gasteiger partial charge in [0.2, 0.25) is 5.89 Å². The Balaban J connectivity index is 2.21. The van der Waals surface area contributed by atoms with Crippen molar-refractivity contribution in [2.45, 2.75) is 0 Å². The number of rotatable bonds is 3. The Morgan fingerprint density at radius 3 is 3.00 bits per heavy atom. The van der Waals surface area contributed by atoms with Gasteiger partial charge in [0.05, 0.1) is 6.26 Å². The van der Waals surface area contributed by atoms with Gasteiger partial charge in [-0.05, 0) is 12.1 Å². The lowest BCUT2D eigenvalue weighted by Gasteiger charge is -1.83. The molecule has 0 unspecified atom stereocenters. The van der Waals surface area contributed by atoms with Crippen molar-refractivity contribution in [3.63, 3.8) is 0 Å². The molecular formula is C9H6N2O4. The monoisotopic (exact) mass is 206 g/mol. The van der Waals surface area contributed by atoms with E-state index in [2.05, 4.69) is 10.2 Å². The fraction of sp³-hybridized carbons (Fsp3) is 0. The predicted molar refractivity (Wildman–Crippen MR) is 48.7 cm³/mol. The average molecular weight is 206 g/mol. The first-order chi connectivity index (χ1) is 7.25. The second-order valence-electron chi connectivity index (χ2n) is 2.59. The maximum atomic E-state index is 10.2. The lowest BCUT2D eigenvalue weighted by Crippen LogP contribution is -1.85. The molecule has 0 bridgehead atoms. The Morgan fingerprint density at radius 1 is 1.47 bits per heavy atom. The van der Waals surface area contributed by atoms with Crippen LogP contribution in [0.5, 0.6) is 0 Å². The summed E-state index contributed by atoms with van der Waals surface area (Å²) >= 11 is 0. The van der Waals surface area contributed by atoms with E-state index in [-0.39, 0.29) is 11.8 Å². The van der Waals surface area contributed by atoms with Gasteiger partial charge in [-0.2, -0.15) is 0 Å². The van der Waals surface area contributed by atoms with Crippen molar-refractivity contribution < 1.29 is 18.7 Å². The van der Waals surface area contributed by atoms with Crippen molar-refractivity contribution in [1.82, 2.24) is 10.2 Å². The molecule has 0 aromatic carbocycles. The molecular weight excluding hydrogens is 200 g/mol. The number of hydrogen-bond donors (Lipinski definition) is 1. The number of carboxylic acid groups (broad SMARTS) is 1. The first kappa shape index (κ1) is 9.20. The van der Waals surface area contributed by atoms with Crippen LogP contribution in [0.2, 0.25) is 0 Å². The zero-order valence-corrected chi connectivity index (χ0v) is 7.45. The lowest BCUT2D eigenvalue weighted by atomic mass is 10.4. The normalized spacial score (nSPS) is 10.9. The fourth-order valence-corrected chi connectivity index (χ4v) is 0.944. The standard InChI is InChI=1S/C9H6N2O4/c12-8(13)4-3-7-10-11-9(15-7)6-2-1-5-14-6/h1-5H,(H,12,13). The summed E-state index contributed by atoms with van der Waals surface area (Å²) in [7, 11) is 0. The van der Waals surface area contributed by atoms with E-state index in [1.165, 1.54) is 12.3 Å². The number of aromatic nitrogens is 2. The van der Waals surface area contributed by atoms with Crippen LogP contribution in [0.1, 0.15) is 5.89 Å². The van der Waals surface area contributed by atoms with Crippen molar-refractivity contribution in [1.29, 1.82) is 0 Å². The van der Waals surface area contributed by atoms with Gasteiger partial charge >= 0.3 is 5.97 Å². The van der Waals surface area contributed by atoms with Gasteiger partial charge < -0.3 is 13.9 Å². The van der Waals surface area contributed by atoms with Gasteiger partial charge in [-0.3, -0.25) is 0 Å². The van der Waals surface area contributed by atoms with Crippen molar-refractivity contribution in [2.24, 2.45) is 0 Å². The predicted octanol–water partition coefficient (Wildman–Crippen LogP) is 1.43. The number of carbonyl (C=O) groups is 1. The third kappa shape index (κ3) is 2.11. The van der Waals surface area contributed by atoms with E-state index in [0.29, 0.717) is 5.76 Å². The summed E-state index contributed by atoms with van der Waals surface area (Å²) in [4.78, 5) is 10.2. The van der Waals surface area contributed by atoms with E-state index in [9.17, 15) is 4.79 Å². The molecule has 0 fully saturated rings. The van der Waals surface area contributed by atoms with E-state index in [4.69, 9.17) is 13.9 Å². The highest BCUT2D eigenvalue weighted by molar-refractivity contribution is 5.84. The average Bonchev–Trinajstić information content (AvgIpc) is 2.85. The van der Waals surface area contributed by atoms with Gasteiger partial charge in [0.15, 0.2) is 5.76 Å². The van der Waals surface area contributed by atoms with Crippen LogP contribution in [0.4, 0.5) is 0 Å². The van der Waals surface area contributed by atoms with Crippen molar-refractivity contribution in [3.05, 3.63) is 30.4 Å². The van der Waals surface area contributed by atoms with Crippen LogP contribution in [0.15, 0.2) is 33.3 Å². The highest BCUT2D eigenvalue weighted by Gasteiger charge is 2.08. The summed E-state index contributed by atoms with van der Waals surface area (Å²) in [6, 6.07) is 3.35. The molecule has 6 heteroatoms. The molecule has 2 heterocycles. The van der Waals surface area contributed by atoms with Gasteiger partial charge in [-0.15, -0.1) is 10.2 Å². The molecule has 0 aliphatic carbocycles. The number of aliphatic carboxylic acids is 1. The quantitative estimate of drug-likeness (QED) is 0.764. The van der Waals surface area contributed by atoms with E-state index < -0.39 is 5.97 Å². The minimum absolute atomic E-state index is 0.115. The molecule has 0 spiro atoms. The third-order valence-corrected chi connectivity index (χ3v) is 1.54. The highest BCUT2D eigenvalue weighted by atomic mass is 16.4. The Kier molecular flexibility index (Phi) is 2.32. The lowest BCUT2D eigenvalue weighted by molar-refractivity contribution is -0.131. The molecule has 0 amide bonds. The molecule has 0 saturated heterocycles. The molecule has 15 heavy (non-hydrogen) atoms. The minimum atomic E-state index is -1.08. The van der Waals surface area contributed by atoms with Crippen molar-refractivity contribution in [2.75, 3.05) is 0 Å². The topological polar surface area (TPSA) is 89.4 Å². The Morgan fingerprint density at radius 2 is 2.33 bits per heavy atom. The largest absolute Gasteiger partial charge is 0.478 e. The van der Waals surface area contributed by atoms with E-state index >= 15 is 0 Å². The third-order valence-electron chi connectivity index (χ3n) is 1.54. The summed E-state index contributed by atoms with van der Waals surface area (Å²) in [5.41, 5.74) is 0. The van der Waals surface area contributed by atoms with Gasteiger partial charge in [-0.1, -0.05) is 0 Å². The van der Waals surface area contributed by atoms with Gasteiger partial charge in [0, 0.05) is 12.2 Å². The molecule has 2 aromatic heterocycles. The fourth-order valence-electron chi connectivity index (χ4n) is 0.944. The SMILES string of the molecule is O=C(O)C=Cc1nnc(-c2ccco2)o1. The molecule has 0 atom stereocenters. The van der Waals surface area contributed by atoms with E-state index in [0.717, 1.165) is 6.08 Å². The smallest absolute Gasteiger partial charge is 0.328 e. The van der Waals surface area contributed by atoms with Crippen LogP contribution >= 0.6 is 0 Å². The maximum Gasteiger partial charge on any atom is 0.328 e. The molecule has 0 saturated carbocycles. The van der Waals surface area contributed by atoms with Crippen LogP contribution in [0.25, 0.3) is 17.7 Å². The first-order valence-electron chi connectivity index (χ1n) is 4.04. The molecule has 0 aliphatic heterocycles. The molecule has 76 valence electrons. The Labute approximate surface area is 83.8 Å². The Hall–Kier alpha value is -2.37. The number of carboxylic acids is 1. The summed E-state index contributed by atoms with van der Waals surface area (Å²) in [6.07, 6.45) is 3.60.